The number of hydrogen-bond donors (Lipinski definition) is 1. The zero-order chi connectivity index (χ0) is 13.8. The second kappa shape index (κ2) is 5.89. The van der Waals surface area contributed by atoms with E-state index in [2.05, 4.69) is 10.3 Å². The number of hydrogen-bond acceptors (Lipinski definition) is 4. The molecule has 2 heterocycles. The van der Waals surface area contributed by atoms with Gasteiger partial charge in [0.1, 0.15) is 17.0 Å². The first-order valence-corrected chi connectivity index (χ1v) is 6.61. The predicted molar refractivity (Wildman–Crippen MR) is 72.9 cm³/mol. The molecule has 0 aliphatic carbocycles. The molecule has 6 heteroatoms. The highest BCUT2D eigenvalue weighted by Gasteiger charge is 2.23. The van der Waals surface area contributed by atoms with Crippen molar-refractivity contribution in [2.24, 2.45) is 0 Å². The number of anilines is 1. The third-order valence-corrected chi connectivity index (χ3v) is 3.27. The number of aromatic nitrogens is 1. The fraction of sp³-hybridized carbons (Fsp3) is 0.462. The van der Waals surface area contributed by atoms with Gasteiger partial charge in [0.05, 0.1) is 11.6 Å². The normalized spacial score (nSPS) is 15.9. The summed E-state index contributed by atoms with van der Waals surface area (Å²) in [7, 11) is 0. The van der Waals surface area contributed by atoms with Gasteiger partial charge in [-0.1, -0.05) is 11.6 Å². The largest absolute Gasteiger partial charge is 0.359 e. The number of likely N-dealkylation sites (tertiary alicyclic amines) is 1. The van der Waals surface area contributed by atoms with E-state index in [1.165, 1.54) is 6.07 Å². The summed E-state index contributed by atoms with van der Waals surface area (Å²) in [5.74, 6) is 0.502. The van der Waals surface area contributed by atoms with Gasteiger partial charge < -0.3 is 10.2 Å². The van der Waals surface area contributed by atoms with Crippen LogP contribution in [0.5, 0.6) is 0 Å². The standard InChI is InChI=1S/C13H15ClN4O/c1-9(13(19)18-4-2-3-5-18)16-12-7-10(8-15)6-11(14)17-12/h6-7,9H,2-5H2,1H3,(H,16,17). The molecule has 1 aliphatic rings. The number of nitriles is 1. The van der Waals surface area contributed by atoms with Crippen LogP contribution in [-0.4, -0.2) is 34.9 Å². The van der Waals surface area contributed by atoms with E-state index in [1.807, 2.05) is 11.0 Å². The Hall–Kier alpha value is -1.80. The Morgan fingerprint density at radius 3 is 2.84 bits per heavy atom. The maximum absolute atomic E-state index is 12.1. The van der Waals surface area contributed by atoms with Gasteiger partial charge in [0.25, 0.3) is 0 Å². The number of rotatable bonds is 3. The van der Waals surface area contributed by atoms with Crippen molar-refractivity contribution < 1.29 is 4.79 Å². The van der Waals surface area contributed by atoms with Crippen LogP contribution in [-0.2, 0) is 4.79 Å². The van der Waals surface area contributed by atoms with Crippen molar-refractivity contribution in [3.63, 3.8) is 0 Å². The van der Waals surface area contributed by atoms with Crippen molar-refractivity contribution >= 4 is 23.3 Å². The molecule has 19 heavy (non-hydrogen) atoms. The van der Waals surface area contributed by atoms with E-state index in [0.717, 1.165) is 25.9 Å². The van der Waals surface area contributed by atoms with Gasteiger partial charge in [0, 0.05) is 13.1 Å². The highest BCUT2D eigenvalue weighted by molar-refractivity contribution is 6.29. The van der Waals surface area contributed by atoms with Gasteiger partial charge in [0.15, 0.2) is 0 Å². The number of amides is 1. The predicted octanol–water partition coefficient (Wildman–Crippen LogP) is 2.03. The lowest BCUT2D eigenvalue weighted by atomic mass is 10.2. The first-order chi connectivity index (χ1) is 9.10. The van der Waals surface area contributed by atoms with Gasteiger partial charge in [-0.05, 0) is 31.9 Å². The van der Waals surface area contributed by atoms with Crippen molar-refractivity contribution in [3.8, 4) is 6.07 Å². The molecule has 0 saturated carbocycles. The molecule has 1 atom stereocenters. The molecular formula is C13H15ClN4O. The number of nitrogens with one attached hydrogen (secondary N) is 1. The molecule has 1 N–H and O–H groups in total. The summed E-state index contributed by atoms with van der Waals surface area (Å²) >= 11 is 5.82. The summed E-state index contributed by atoms with van der Waals surface area (Å²) in [6, 6.07) is 4.70. The molecule has 1 aromatic heterocycles. The summed E-state index contributed by atoms with van der Waals surface area (Å²) in [6.07, 6.45) is 2.12. The quantitative estimate of drug-likeness (QED) is 0.859. The fourth-order valence-corrected chi connectivity index (χ4v) is 2.34. The maximum atomic E-state index is 12.1. The molecule has 1 saturated heterocycles. The lowest BCUT2D eigenvalue weighted by Gasteiger charge is -2.21. The molecule has 0 bridgehead atoms. The van der Waals surface area contributed by atoms with Crippen LogP contribution in [0.1, 0.15) is 25.3 Å². The molecule has 0 spiro atoms. The monoisotopic (exact) mass is 278 g/mol. The van der Waals surface area contributed by atoms with Crippen LogP contribution < -0.4 is 5.32 Å². The van der Waals surface area contributed by atoms with Crippen LogP contribution in [0.2, 0.25) is 5.15 Å². The number of carbonyl (C=O) groups is 1. The van der Waals surface area contributed by atoms with Crippen LogP contribution in [0.4, 0.5) is 5.82 Å². The summed E-state index contributed by atoms with van der Waals surface area (Å²) in [5.41, 5.74) is 0.420. The molecule has 5 nitrogen and oxygen atoms in total. The molecule has 1 fully saturated rings. The van der Waals surface area contributed by atoms with E-state index in [9.17, 15) is 4.79 Å². The molecular weight excluding hydrogens is 264 g/mol. The van der Waals surface area contributed by atoms with Gasteiger partial charge >= 0.3 is 0 Å². The average molecular weight is 279 g/mol. The van der Waals surface area contributed by atoms with Gasteiger partial charge in [-0.3, -0.25) is 4.79 Å². The van der Waals surface area contributed by atoms with Crippen LogP contribution in [0.15, 0.2) is 12.1 Å². The third kappa shape index (κ3) is 3.36. The zero-order valence-corrected chi connectivity index (χ0v) is 11.4. The van der Waals surface area contributed by atoms with Crippen LogP contribution in [0.3, 0.4) is 0 Å². The van der Waals surface area contributed by atoms with E-state index in [0.29, 0.717) is 11.4 Å². The lowest BCUT2D eigenvalue weighted by molar-refractivity contribution is -0.130. The summed E-state index contributed by atoms with van der Waals surface area (Å²) in [5, 5.41) is 12.1. The summed E-state index contributed by atoms with van der Waals surface area (Å²) in [4.78, 5) is 18.0. The van der Waals surface area contributed by atoms with Crippen LogP contribution >= 0.6 is 11.6 Å². The topological polar surface area (TPSA) is 69.0 Å². The van der Waals surface area contributed by atoms with Crippen molar-refractivity contribution in [3.05, 3.63) is 22.8 Å². The Morgan fingerprint density at radius 2 is 2.21 bits per heavy atom. The van der Waals surface area contributed by atoms with Crippen molar-refractivity contribution in [2.45, 2.75) is 25.8 Å². The van der Waals surface area contributed by atoms with Gasteiger partial charge in [-0.15, -0.1) is 0 Å². The van der Waals surface area contributed by atoms with Gasteiger partial charge in [-0.2, -0.15) is 5.26 Å². The van der Waals surface area contributed by atoms with Crippen molar-refractivity contribution in [2.75, 3.05) is 18.4 Å². The smallest absolute Gasteiger partial charge is 0.244 e. The number of nitrogens with zero attached hydrogens (tertiary/aromatic N) is 3. The number of pyridine rings is 1. The Labute approximate surface area is 117 Å². The molecule has 1 unspecified atom stereocenters. The zero-order valence-electron chi connectivity index (χ0n) is 10.7. The first kappa shape index (κ1) is 13.6. The molecule has 2 rings (SSSR count). The van der Waals surface area contributed by atoms with E-state index in [-0.39, 0.29) is 17.1 Å². The Kier molecular flexibility index (Phi) is 4.23. The van der Waals surface area contributed by atoms with Gasteiger partial charge in [0.2, 0.25) is 5.91 Å². The first-order valence-electron chi connectivity index (χ1n) is 6.23. The van der Waals surface area contributed by atoms with Crippen LogP contribution in [0, 0.1) is 11.3 Å². The Morgan fingerprint density at radius 1 is 1.53 bits per heavy atom. The van der Waals surface area contributed by atoms with E-state index in [1.54, 1.807) is 13.0 Å². The summed E-state index contributed by atoms with van der Waals surface area (Å²) in [6.45, 7) is 3.42. The highest BCUT2D eigenvalue weighted by Crippen LogP contribution is 2.16. The Balaban J connectivity index is 2.06. The molecule has 1 amide bonds. The Bertz CT molecular complexity index is 520. The highest BCUT2D eigenvalue weighted by atomic mass is 35.5. The van der Waals surface area contributed by atoms with E-state index < -0.39 is 0 Å². The minimum absolute atomic E-state index is 0.0535. The molecule has 0 radical (unpaired) electrons. The molecule has 0 aromatic carbocycles. The minimum atomic E-state index is -0.379. The van der Waals surface area contributed by atoms with Crippen molar-refractivity contribution in [1.29, 1.82) is 5.26 Å². The number of halogens is 1. The second-order valence-electron chi connectivity index (χ2n) is 4.57. The third-order valence-electron chi connectivity index (χ3n) is 3.08. The molecule has 1 aliphatic heterocycles. The average Bonchev–Trinajstić information content (AvgIpc) is 2.90. The molecule has 1 aromatic rings. The lowest BCUT2D eigenvalue weighted by Crippen LogP contribution is -2.39. The number of carbonyl (C=O) groups excluding carboxylic acids is 1. The van der Waals surface area contributed by atoms with Crippen molar-refractivity contribution in [1.82, 2.24) is 9.88 Å². The van der Waals surface area contributed by atoms with Crippen LogP contribution in [0.25, 0.3) is 0 Å². The van der Waals surface area contributed by atoms with E-state index in [4.69, 9.17) is 16.9 Å². The molecule has 100 valence electrons. The minimum Gasteiger partial charge on any atom is -0.359 e. The summed E-state index contributed by atoms with van der Waals surface area (Å²) < 4.78 is 0. The fourth-order valence-electron chi connectivity index (χ4n) is 2.13. The second-order valence-corrected chi connectivity index (χ2v) is 4.96. The maximum Gasteiger partial charge on any atom is 0.244 e. The van der Waals surface area contributed by atoms with Gasteiger partial charge in [-0.25, -0.2) is 4.98 Å². The van der Waals surface area contributed by atoms with E-state index >= 15 is 0 Å². The SMILES string of the molecule is CC(Nc1cc(C#N)cc(Cl)n1)C(=O)N1CCCC1.